The van der Waals surface area contributed by atoms with Crippen molar-refractivity contribution >= 4 is 5.97 Å². The number of hydrogen-bond acceptors (Lipinski definition) is 3. The number of esters is 1. The highest BCUT2D eigenvalue weighted by Gasteiger charge is 2.32. The van der Waals surface area contributed by atoms with Crippen molar-refractivity contribution < 1.29 is 9.53 Å². The molecule has 0 fully saturated rings. The Labute approximate surface area is 100 Å². The zero-order valence-electron chi connectivity index (χ0n) is 12.0. The van der Waals surface area contributed by atoms with Crippen LogP contribution in [0.5, 0.6) is 0 Å². The van der Waals surface area contributed by atoms with Crippen molar-refractivity contribution in [2.75, 3.05) is 13.7 Å². The first-order chi connectivity index (χ1) is 6.98. The third-order valence-corrected chi connectivity index (χ3v) is 2.95. The van der Waals surface area contributed by atoms with Gasteiger partial charge in [0.1, 0.15) is 6.61 Å². The molecule has 0 saturated heterocycles. The summed E-state index contributed by atoms with van der Waals surface area (Å²) in [6, 6.07) is 0. The minimum absolute atomic E-state index is 0.0595. The fourth-order valence-corrected chi connectivity index (χ4v) is 1.42. The monoisotopic (exact) mass is 229 g/mol. The van der Waals surface area contributed by atoms with Crippen LogP contribution >= 0.6 is 0 Å². The van der Waals surface area contributed by atoms with E-state index in [2.05, 4.69) is 46.6 Å². The predicted octanol–water partition coefficient (Wildman–Crippen LogP) is 2.69. The van der Waals surface area contributed by atoms with Crippen LogP contribution in [0.15, 0.2) is 0 Å². The number of rotatable bonds is 4. The molecule has 0 radical (unpaired) electrons. The maximum Gasteiger partial charge on any atom is 0.308 e. The van der Waals surface area contributed by atoms with E-state index in [0.717, 1.165) is 0 Å². The minimum Gasteiger partial charge on any atom is -0.464 e. The summed E-state index contributed by atoms with van der Waals surface area (Å²) in [5, 5.41) is 0. The van der Waals surface area contributed by atoms with Gasteiger partial charge in [0.15, 0.2) is 0 Å². The molecule has 0 atom stereocenters. The molecule has 0 rings (SSSR count). The SMILES string of the molecule is CC(C)C(=O)OCC(C)(C)N(C)C(C)(C)C. The summed E-state index contributed by atoms with van der Waals surface area (Å²) >= 11 is 0. The summed E-state index contributed by atoms with van der Waals surface area (Å²) in [6.07, 6.45) is 0. The van der Waals surface area contributed by atoms with E-state index in [9.17, 15) is 4.79 Å². The van der Waals surface area contributed by atoms with Crippen molar-refractivity contribution in [1.29, 1.82) is 0 Å². The average Bonchev–Trinajstić information content (AvgIpc) is 2.11. The van der Waals surface area contributed by atoms with Crippen LogP contribution in [0.3, 0.4) is 0 Å². The van der Waals surface area contributed by atoms with Crippen molar-refractivity contribution in [2.24, 2.45) is 5.92 Å². The van der Waals surface area contributed by atoms with Crippen molar-refractivity contribution in [2.45, 2.75) is 59.5 Å². The van der Waals surface area contributed by atoms with Crippen LogP contribution in [-0.2, 0) is 9.53 Å². The van der Waals surface area contributed by atoms with Gasteiger partial charge in [-0.05, 0) is 41.7 Å². The second-order valence-corrected chi connectivity index (χ2v) is 6.30. The molecule has 16 heavy (non-hydrogen) atoms. The third-order valence-electron chi connectivity index (χ3n) is 2.95. The second-order valence-electron chi connectivity index (χ2n) is 6.30. The van der Waals surface area contributed by atoms with Crippen LogP contribution in [0.1, 0.15) is 48.5 Å². The van der Waals surface area contributed by atoms with Crippen molar-refractivity contribution in [3.63, 3.8) is 0 Å². The summed E-state index contributed by atoms with van der Waals surface area (Å²) in [5.41, 5.74) is -0.0868. The normalized spacial score (nSPS) is 13.4. The zero-order chi connectivity index (χ0) is 13.1. The van der Waals surface area contributed by atoms with Gasteiger partial charge in [0.25, 0.3) is 0 Å². The molecule has 0 spiro atoms. The van der Waals surface area contributed by atoms with Crippen LogP contribution < -0.4 is 0 Å². The molecule has 3 heteroatoms. The van der Waals surface area contributed by atoms with Crippen molar-refractivity contribution in [3.05, 3.63) is 0 Å². The van der Waals surface area contributed by atoms with Crippen LogP contribution in [0.4, 0.5) is 0 Å². The highest BCUT2D eigenvalue weighted by Crippen LogP contribution is 2.23. The molecule has 0 heterocycles. The van der Waals surface area contributed by atoms with E-state index in [-0.39, 0.29) is 23.0 Å². The fourth-order valence-electron chi connectivity index (χ4n) is 1.42. The number of likely N-dealkylation sites (N-methyl/N-ethyl adjacent to an activating group) is 1. The van der Waals surface area contributed by atoms with Gasteiger partial charge in [-0.3, -0.25) is 9.69 Å². The van der Waals surface area contributed by atoms with Crippen LogP contribution in [0.25, 0.3) is 0 Å². The average molecular weight is 229 g/mol. The van der Waals surface area contributed by atoms with E-state index in [1.165, 1.54) is 0 Å². The number of nitrogens with zero attached hydrogens (tertiary/aromatic N) is 1. The molecule has 0 amide bonds. The lowest BCUT2D eigenvalue weighted by Crippen LogP contribution is -2.54. The summed E-state index contributed by atoms with van der Waals surface area (Å²) < 4.78 is 5.30. The molecule has 0 aromatic carbocycles. The first kappa shape index (κ1) is 15.4. The zero-order valence-corrected chi connectivity index (χ0v) is 12.0. The first-order valence-electron chi connectivity index (χ1n) is 5.89. The van der Waals surface area contributed by atoms with E-state index < -0.39 is 0 Å². The van der Waals surface area contributed by atoms with Crippen LogP contribution in [0, 0.1) is 5.92 Å². The standard InChI is InChI=1S/C13H27NO2/c1-10(2)11(15)16-9-13(6,7)14(8)12(3,4)5/h10H,9H2,1-8H3. The Morgan fingerprint density at radius 3 is 1.94 bits per heavy atom. The Morgan fingerprint density at radius 1 is 1.19 bits per heavy atom. The van der Waals surface area contributed by atoms with Crippen molar-refractivity contribution in [1.82, 2.24) is 4.90 Å². The van der Waals surface area contributed by atoms with Gasteiger partial charge in [-0.2, -0.15) is 0 Å². The molecule has 96 valence electrons. The number of ether oxygens (including phenoxy) is 1. The summed E-state index contributed by atoms with van der Waals surface area (Å²) in [5.74, 6) is -0.189. The fraction of sp³-hybridized carbons (Fsp3) is 0.923. The highest BCUT2D eigenvalue weighted by atomic mass is 16.5. The van der Waals surface area contributed by atoms with Gasteiger partial charge in [-0.15, -0.1) is 0 Å². The van der Waals surface area contributed by atoms with Gasteiger partial charge >= 0.3 is 5.97 Å². The van der Waals surface area contributed by atoms with Gasteiger partial charge in [-0.25, -0.2) is 0 Å². The van der Waals surface area contributed by atoms with Gasteiger partial charge in [0.2, 0.25) is 0 Å². The van der Waals surface area contributed by atoms with E-state index >= 15 is 0 Å². The van der Waals surface area contributed by atoms with Crippen LogP contribution in [-0.4, -0.2) is 35.6 Å². The lowest BCUT2D eigenvalue weighted by atomic mass is 9.96. The highest BCUT2D eigenvalue weighted by molar-refractivity contribution is 5.71. The van der Waals surface area contributed by atoms with Gasteiger partial charge in [0, 0.05) is 11.1 Å². The molecule has 0 bridgehead atoms. The lowest BCUT2D eigenvalue weighted by molar-refractivity contribution is -0.152. The number of carbonyl (C=O) groups is 1. The quantitative estimate of drug-likeness (QED) is 0.694. The Balaban J connectivity index is 4.41. The van der Waals surface area contributed by atoms with Crippen LogP contribution in [0.2, 0.25) is 0 Å². The Bertz CT molecular complexity index is 239. The minimum atomic E-state index is -0.150. The van der Waals surface area contributed by atoms with E-state index in [4.69, 9.17) is 4.74 Å². The summed E-state index contributed by atoms with van der Waals surface area (Å²) in [4.78, 5) is 13.7. The molecular weight excluding hydrogens is 202 g/mol. The Morgan fingerprint density at radius 2 is 1.62 bits per heavy atom. The topological polar surface area (TPSA) is 29.5 Å². The Hall–Kier alpha value is -0.570. The van der Waals surface area contributed by atoms with Gasteiger partial charge < -0.3 is 4.74 Å². The van der Waals surface area contributed by atoms with Crippen molar-refractivity contribution in [3.8, 4) is 0 Å². The number of hydrogen-bond donors (Lipinski definition) is 0. The summed E-state index contributed by atoms with van der Waals surface area (Å²) in [7, 11) is 2.06. The van der Waals surface area contributed by atoms with Gasteiger partial charge in [0.05, 0.1) is 5.92 Å². The maximum absolute atomic E-state index is 11.4. The summed E-state index contributed by atoms with van der Waals surface area (Å²) in [6.45, 7) is 14.8. The molecule has 0 aromatic heterocycles. The smallest absolute Gasteiger partial charge is 0.308 e. The molecule has 0 aliphatic carbocycles. The molecule has 0 aliphatic heterocycles. The molecule has 3 nitrogen and oxygen atoms in total. The first-order valence-corrected chi connectivity index (χ1v) is 5.89. The Kier molecular flexibility index (Phi) is 4.99. The lowest BCUT2D eigenvalue weighted by Gasteiger charge is -2.44. The molecule has 0 unspecified atom stereocenters. The second kappa shape index (κ2) is 5.17. The molecular formula is C13H27NO2. The van der Waals surface area contributed by atoms with Gasteiger partial charge in [-0.1, -0.05) is 13.8 Å². The number of carbonyl (C=O) groups excluding carboxylic acids is 1. The molecule has 0 saturated carbocycles. The third kappa shape index (κ3) is 4.52. The molecule has 0 N–H and O–H groups in total. The van der Waals surface area contributed by atoms with E-state index in [1.807, 2.05) is 13.8 Å². The van der Waals surface area contributed by atoms with E-state index in [0.29, 0.717) is 6.61 Å². The predicted molar refractivity (Wildman–Crippen MR) is 67.4 cm³/mol. The molecule has 0 aliphatic rings. The largest absolute Gasteiger partial charge is 0.464 e. The molecule has 0 aromatic rings. The maximum atomic E-state index is 11.4. The van der Waals surface area contributed by atoms with E-state index in [1.54, 1.807) is 0 Å².